The van der Waals surface area contributed by atoms with Crippen molar-refractivity contribution in [3.63, 3.8) is 0 Å². The Kier molecular flexibility index (Phi) is 5.05. The topological polar surface area (TPSA) is 70.8 Å². The van der Waals surface area contributed by atoms with E-state index >= 15 is 0 Å². The summed E-state index contributed by atoms with van der Waals surface area (Å²) in [6.07, 6.45) is 2.71. The highest BCUT2D eigenvalue weighted by Crippen LogP contribution is 2.16. The average molecular weight is 325 g/mol. The lowest BCUT2D eigenvalue weighted by Crippen LogP contribution is -2.18. The van der Waals surface area contributed by atoms with Crippen LogP contribution in [0.25, 0.3) is 11.3 Å². The van der Waals surface area contributed by atoms with Gasteiger partial charge in [0.1, 0.15) is 5.82 Å². The van der Waals surface area contributed by atoms with Gasteiger partial charge in [-0.25, -0.2) is 4.98 Å². The van der Waals surface area contributed by atoms with E-state index in [1.54, 1.807) is 0 Å². The first-order valence-corrected chi connectivity index (χ1v) is 8.19. The fourth-order valence-electron chi connectivity index (χ4n) is 2.55. The third-order valence-electron chi connectivity index (χ3n) is 3.64. The molecule has 6 heteroatoms. The van der Waals surface area contributed by atoms with Crippen LogP contribution in [0.3, 0.4) is 0 Å². The van der Waals surface area contributed by atoms with Gasteiger partial charge < -0.3 is 9.51 Å². The van der Waals surface area contributed by atoms with Gasteiger partial charge in [0.15, 0.2) is 5.82 Å². The monoisotopic (exact) mass is 325 g/mol. The first-order valence-electron chi connectivity index (χ1n) is 8.19. The molecule has 0 spiro atoms. The second kappa shape index (κ2) is 7.40. The number of H-pyrrole nitrogens is 1. The molecular formula is C18H23N5O. The van der Waals surface area contributed by atoms with E-state index in [0.717, 1.165) is 29.3 Å². The fourth-order valence-corrected chi connectivity index (χ4v) is 2.55. The minimum atomic E-state index is 0.521. The van der Waals surface area contributed by atoms with Crippen LogP contribution in [0.4, 0.5) is 0 Å². The van der Waals surface area contributed by atoms with Crippen molar-refractivity contribution in [1.29, 1.82) is 0 Å². The Morgan fingerprint density at radius 2 is 1.96 bits per heavy atom. The summed E-state index contributed by atoms with van der Waals surface area (Å²) in [5.74, 6) is 2.85. The standard InChI is InChI=1S/C18H23N5O/c1-13(2)9-16-21-18(24-22-16)12-23(3)11-17-19-10-15(20-17)14-7-5-4-6-8-14/h4-8,10,13H,9,11-12H2,1-3H3,(H,19,20). The van der Waals surface area contributed by atoms with Crippen molar-refractivity contribution >= 4 is 0 Å². The summed E-state index contributed by atoms with van der Waals surface area (Å²) < 4.78 is 5.32. The van der Waals surface area contributed by atoms with Crippen molar-refractivity contribution in [1.82, 2.24) is 25.0 Å². The van der Waals surface area contributed by atoms with Crippen LogP contribution in [0.15, 0.2) is 41.1 Å². The smallest absolute Gasteiger partial charge is 0.240 e. The van der Waals surface area contributed by atoms with Crippen molar-refractivity contribution in [3.05, 3.63) is 54.1 Å². The summed E-state index contributed by atoms with van der Waals surface area (Å²) >= 11 is 0. The predicted molar refractivity (Wildman–Crippen MR) is 92.0 cm³/mol. The second-order valence-corrected chi connectivity index (χ2v) is 6.48. The van der Waals surface area contributed by atoms with Crippen molar-refractivity contribution in [2.24, 2.45) is 5.92 Å². The largest absolute Gasteiger partial charge is 0.341 e. The first kappa shape index (κ1) is 16.4. The maximum Gasteiger partial charge on any atom is 0.240 e. The molecule has 2 aromatic heterocycles. The summed E-state index contributed by atoms with van der Waals surface area (Å²) in [5, 5.41) is 4.02. The van der Waals surface area contributed by atoms with E-state index in [9.17, 15) is 0 Å². The average Bonchev–Trinajstić information content (AvgIpc) is 3.17. The molecule has 3 rings (SSSR count). The van der Waals surface area contributed by atoms with Crippen LogP contribution in [-0.4, -0.2) is 32.1 Å². The summed E-state index contributed by atoms with van der Waals surface area (Å²) in [5.41, 5.74) is 2.16. The number of nitrogens with one attached hydrogen (secondary N) is 1. The first-order chi connectivity index (χ1) is 11.6. The van der Waals surface area contributed by atoms with Gasteiger partial charge in [0.25, 0.3) is 0 Å². The highest BCUT2D eigenvalue weighted by Gasteiger charge is 2.12. The van der Waals surface area contributed by atoms with Gasteiger partial charge in [0, 0.05) is 6.42 Å². The van der Waals surface area contributed by atoms with Crippen LogP contribution in [0.1, 0.15) is 31.4 Å². The molecule has 2 heterocycles. The highest BCUT2D eigenvalue weighted by atomic mass is 16.5. The molecule has 3 aromatic rings. The van der Waals surface area contributed by atoms with Gasteiger partial charge in [-0.05, 0) is 18.5 Å². The summed E-state index contributed by atoms with van der Waals surface area (Å²) in [7, 11) is 2.01. The lowest BCUT2D eigenvalue weighted by molar-refractivity contribution is 0.256. The molecule has 126 valence electrons. The van der Waals surface area contributed by atoms with Gasteiger partial charge in [-0.1, -0.05) is 49.3 Å². The molecule has 6 nitrogen and oxygen atoms in total. The minimum absolute atomic E-state index is 0.521. The Labute approximate surface area is 141 Å². The minimum Gasteiger partial charge on any atom is -0.341 e. The van der Waals surface area contributed by atoms with Crippen molar-refractivity contribution in [2.75, 3.05) is 7.05 Å². The number of hydrogen-bond donors (Lipinski definition) is 1. The number of aromatic amines is 1. The quantitative estimate of drug-likeness (QED) is 0.722. The summed E-state index contributed by atoms with van der Waals surface area (Å²) in [6, 6.07) is 10.2. The molecule has 0 aliphatic rings. The molecular weight excluding hydrogens is 302 g/mol. The highest BCUT2D eigenvalue weighted by molar-refractivity contribution is 5.57. The molecule has 0 unspecified atom stereocenters. The maximum atomic E-state index is 5.32. The van der Waals surface area contributed by atoms with Crippen molar-refractivity contribution < 1.29 is 4.52 Å². The normalized spacial score (nSPS) is 11.5. The molecule has 0 aliphatic carbocycles. The molecule has 0 radical (unpaired) electrons. The number of nitrogens with zero attached hydrogens (tertiary/aromatic N) is 4. The second-order valence-electron chi connectivity index (χ2n) is 6.48. The van der Waals surface area contributed by atoms with Gasteiger partial charge in [-0.15, -0.1) is 0 Å². The molecule has 0 saturated heterocycles. The van der Waals surface area contributed by atoms with Gasteiger partial charge in [-0.2, -0.15) is 4.98 Å². The van der Waals surface area contributed by atoms with E-state index in [-0.39, 0.29) is 0 Å². The molecule has 0 fully saturated rings. The number of imidazole rings is 1. The number of hydrogen-bond acceptors (Lipinski definition) is 5. The number of aromatic nitrogens is 4. The fraction of sp³-hybridized carbons (Fsp3) is 0.389. The van der Waals surface area contributed by atoms with E-state index in [2.05, 4.69) is 51.0 Å². The van der Waals surface area contributed by atoms with E-state index in [4.69, 9.17) is 4.52 Å². The zero-order valence-corrected chi connectivity index (χ0v) is 14.4. The van der Waals surface area contributed by atoms with Crippen LogP contribution in [0.5, 0.6) is 0 Å². The zero-order valence-electron chi connectivity index (χ0n) is 14.4. The van der Waals surface area contributed by atoms with Crippen LogP contribution < -0.4 is 0 Å². The lowest BCUT2D eigenvalue weighted by Gasteiger charge is -2.11. The molecule has 1 aromatic carbocycles. The maximum absolute atomic E-state index is 5.32. The SMILES string of the molecule is CC(C)Cc1noc(CN(C)Cc2ncc(-c3ccccc3)[nH]2)n1. The summed E-state index contributed by atoms with van der Waals surface area (Å²) in [4.78, 5) is 14.3. The van der Waals surface area contributed by atoms with Crippen LogP contribution >= 0.6 is 0 Å². The van der Waals surface area contributed by atoms with Crippen LogP contribution in [0.2, 0.25) is 0 Å². The molecule has 1 N–H and O–H groups in total. The van der Waals surface area contributed by atoms with E-state index < -0.39 is 0 Å². The molecule has 24 heavy (non-hydrogen) atoms. The van der Waals surface area contributed by atoms with E-state index in [1.807, 2.05) is 31.4 Å². The van der Waals surface area contributed by atoms with Gasteiger partial charge >= 0.3 is 0 Å². The molecule has 0 amide bonds. The zero-order chi connectivity index (χ0) is 16.9. The van der Waals surface area contributed by atoms with Gasteiger partial charge in [0.2, 0.25) is 5.89 Å². The Hall–Kier alpha value is -2.47. The summed E-state index contributed by atoms with van der Waals surface area (Å²) in [6.45, 7) is 5.58. The Bertz CT molecular complexity index is 763. The number of benzene rings is 1. The Morgan fingerprint density at radius 1 is 1.17 bits per heavy atom. The third-order valence-corrected chi connectivity index (χ3v) is 3.64. The van der Waals surface area contributed by atoms with Crippen LogP contribution in [-0.2, 0) is 19.5 Å². The Morgan fingerprint density at radius 3 is 2.71 bits per heavy atom. The van der Waals surface area contributed by atoms with E-state index in [0.29, 0.717) is 24.9 Å². The molecule has 0 atom stereocenters. The lowest BCUT2D eigenvalue weighted by atomic mass is 10.1. The van der Waals surface area contributed by atoms with Gasteiger partial charge in [-0.3, -0.25) is 4.90 Å². The third kappa shape index (κ3) is 4.29. The van der Waals surface area contributed by atoms with Gasteiger partial charge in [0.05, 0.1) is 25.0 Å². The van der Waals surface area contributed by atoms with Crippen molar-refractivity contribution in [2.45, 2.75) is 33.4 Å². The predicted octanol–water partition coefficient (Wildman–Crippen LogP) is 3.29. The van der Waals surface area contributed by atoms with Crippen molar-refractivity contribution in [3.8, 4) is 11.3 Å². The number of rotatable bonds is 7. The molecule has 0 saturated carbocycles. The Balaban J connectivity index is 1.58. The van der Waals surface area contributed by atoms with Crippen LogP contribution in [0, 0.1) is 5.92 Å². The molecule has 0 aliphatic heterocycles. The van der Waals surface area contributed by atoms with E-state index in [1.165, 1.54) is 0 Å². The molecule has 0 bridgehead atoms.